The predicted molar refractivity (Wildman–Crippen MR) is 59.1 cm³/mol. The van der Waals surface area contributed by atoms with Crippen molar-refractivity contribution in [2.75, 3.05) is 19.0 Å². The van der Waals surface area contributed by atoms with Gasteiger partial charge in [0, 0.05) is 38.1 Å². The van der Waals surface area contributed by atoms with Crippen molar-refractivity contribution in [3.63, 3.8) is 0 Å². The lowest BCUT2D eigenvalue weighted by atomic mass is 10.1. The monoisotopic (exact) mass is 208 g/mol. The second-order valence-electron chi connectivity index (χ2n) is 3.65. The van der Waals surface area contributed by atoms with E-state index in [2.05, 4.69) is 4.98 Å². The molecule has 1 aromatic rings. The zero-order chi connectivity index (χ0) is 11.3. The van der Waals surface area contributed by atoms with E-state index in [0.29, 0.717) is 12.8 Å². The second kappa shape index (κ2) is 5.34. The van der Waals surface area contributed by atoms with E-state index >= 15 is 0 Å². The van der Waals surface area contributed by atoms with Gasteiger partial charge < -0.3 is 10.0 Å². The third-order valence-electron chi connectivity index (χ3n) is 2.14. The van der Waals surface area contributed by atoms with Crippen LogP contribution in [0.5, 0.6) is 0 Å². The number of hydrogen-bond donors (Lipinski definition) is 1. The van der Waals surface area contributed by atoms with Crippen molar-refractivity contribution in [1.82, 2.24) is 4.98 Å². The van der Waals surface area contributed by atoms with Crippen molar-refractivity contribution in [3.05, 3.63) is 24.0 Å². The number of carbonyl (C=O) groups is 1. The van der Waals surface area contributed by atoms with Gasteiger partial charge in [0.2, 0.25) is 0 Å². The average Bonchev–Trinajstić information content (AvgIpc) is 2.17. The van der Waals surface area contributed by atoms with Crippen LogP contribution >= 0.6 is 0 Å². The van der Waals surface area contributed by atoms with E-state index in [1.54, 1.807) is 6.20 Å². The van der Waals surface area contributed by atoms with Crippen molar-refractivity contribution in [2.24, 2.45) is 0 Å². The first-order valence-electron chi connectivity index (χ1n) is 4.93. The van der Waals surface area contributed by atoms with Gasteiger partial charge in [-0.05, 0) is 25.0 Å². The summed E-state index contributed by atoms with van der Waals surface area (Å²) >= 11 is 0. The quantitative estimate of drug-likeness (QED) is 0.797. The molecule has 0 bridgehead atoms. The van der Waals surface area contributed by atoms with Crippen LogP contribution in [0.1, 0.15) is 18.5 Å². The maximum atomic E-state index is 10.3. The zero-order valence-corrected chi connectivity index (χ0v) is 9.10. The predicted octanol–water partition coefficient (Wildman–Crippen LogP) is 1.55. The van der Waals surface area contributed by atoms with Crippen LogP contribution in [0, 0.1) is 0 Å². The molecule has 0 aliphatic carbocycles. The Hall–Kier alpha value is -1.58. The summed E-state index contributed by atoms with van der Waals surface area (Å²) in [5.74, 6) is -0.751. The molecule has 0 radical (unpaired) electrons. The average molecular weight is 208 g/mol. The van der Waals surface area contributed by atoms with Crippen LogP contribution in [-0.2, 0) is 11.2 Å². The molecule has 82 valence electrons. The number of anilines is 1. The Kier molecular flexibility index (Phi) is 4.09. The van der Waals surface area contributed by atoms with Gasteiger partial charge in [0.1, 0.15) is 0 Å². The lowest BCUT2D eigenvalue weighted by Gasteiger charge is -2.12. The van der Waals surface area contributed by atoms with Crippen LogP contribution in [0.4, 0.5) is 5.69 Å². The van der Waals surface area contributed by atoms with Gasteiger partial charge in [-0.25, -0.2) is 0 Å². The van der Waals surface area contributed by atoms with Gasteiger partial charge in [0.25, 0.3) is 0 Å². The molecule has 1 heterocycles. The molecule has 4 heteroatoms. The van der Waals surface area contributed by atoms with Gasteiger partial charge in [-0.15, -0.1) is 0 Å². The maximum Gasteiger partial charge on any atom is 0.303 e. The molecule has 0 atom stereocenters. The van der Waals surface area contributed by atoms with Crippen LogP contribution < -0.4 is 4.90 Å². The van der Waals surface area contributed by atoms with E-state index in [-0.39, 0.29) is 6.42 Å². The fraction of sp³-hybridized carbons (Fsp3) is 0.455. The summed E-state index contributed by atoms with van der Waals surface area (Å²) in [6.07, 6.45) is 3.31. The summed E-state index contributed by atoms with van der Waals surface area (Å²) < 4.78 is 0. The summed E-state index contributed by atoms with van der Waals surface area (Å²) in [5, 5.41) is 8.51. The molecule has 0 aromatic carbocycles. The number of aromatic nitrogens is 1. The third kappa shape index (κ3) is 3.97. The first kappa shape index (κ1) is 11.5. The molecular weight excluding hydrogens is 192 g/mol. The molecular formula is C11H16N2O2. The van der Waals surface area contributed by atoms with E-state index in [9.17, 15) is 4.79 Å². The summed E-state index contributed by atoms with van der Waals surface area (Å²) in [6, 6.07) is 3.92. The standard InChI is InChI=1S/C11H16N2O2/c1-13(2)10-6-7-12-9(8-10)4-3-5-11(14)15/h6-8H,3-5H2,1-2H3,(H,14,15). The smallest absolute Gasteiger partial charge is 0.303 e. The molecule has 0 spiro atoms. The number of aryl methyl sites for hydroxylation is 1. The van der Waals surface area contributed by atoms with E-state index in [1.807, 2.05) is 31.1 Å². The van der Waals surface area contributed by atoms with Crippen LogP contribution in [-0.4, -0.2) is 30.2 Å². The normalized spacial score (nSPS) is 10.0. The number of pyridine rings is 1. The molecule has 1 rings (SSSR count). The van der Waals surface area contributed by atoms with E-state index in [1.165, 1.54) is 0 Å². The highest BCUT2D eigenvalue weighted by molar-refractivity contribution is 5.66. The second-order valence-corrected chi connectivity index (χ2v) is 3.65. The summed E-state index contributed by atoms with van der Waals surface area (Å²) in [6.45, 7) is 0. The van der Waals surface area contributed by atoms with Crippen LogP contribution in [0.15, 0.2) is 18.3 Å². The van der Waals surface area contributed by atoms with Gasteiger partial charge in [-0.3, -0.25) is 9.78 Å². The highest BCUT2D eigenvalue weighted by Gasteiger charge is 2.01. The van der Waals surface area contributed by atoms with Gasteiger partial charge >= 0.3 is 5.97 Å². The molecule has 0 amide bonds. The minimum Gasteiger partial charge on any atom is -0.481 e. The van der Waals surface area contributed by atoms with Crippen LogP contribution in [0.25, 0.3) is 0 Å². The van der Waals surface area contributed by atoms with Crippen molar-refractivity contribution in [2.45, 2.75) is 19.3 Å². The van der Waals surface area contributed by atoms with Crippen molar-refractivity contribution >= 4 is 11.7 Å². The van der Waals surface area contributed by atoms with Crippen LogP contribution in [0.2, 0.25) is 0 Å². The molecule has 0 saturated carbocycles. The fourth-order valence-electron chi connectivity index (χ4n) is 1.30. The Morgan fingerprint density at radius 1 is 1.53 bits per heavy atom. The topological polar surface area (TPSA) is 53.4 Å². The Morgan fingerprint density at radius 3 is 2.87 bits per heavy atom. The number of carboxylic acid groups (broad SMARTS) is 1. The largest absolute Gasteiger partial charge is 0.481 e. The lowest BCUT2D eigenvalue weighted by Crippen LogP contribution is -2.09. The highest BCUT2D eigenvalue weighted by Crippen LogP contribution is 2.12. The van der Waals surface area contributed by atoms with E-state index in [0.717, 1.165) is 11.4 Å². The Bertz CT molecular complexity index is 337. The summed E-state index contributed by atoms with van der Waals surface area (Å²) in [7, 11) is 3.94. The van der Waals surface area contributed by atoms with Crippen molar-refractivity contribution in [1.29, 1.82) is 0 Å². The van der Waals surface area contributed by atoms with E-state index in [4.69, 9.17) is 5.11 Å². The first-order chi connectivity index (χ1) is 7.09. The van der Waals surface area contributed by atoms with E-state index < -0.39 is 5.97 Å². The van der Waals surface area contributed by atoms with Crippen molar-refractivity contribution < 1.29 is 9.90 Å². The Labute approximate surface area is 89.6 Å². The summed E-state index contributed by atoms with van der Waals surface area (Å²) in [4.78, 5) is 16.5. The molecule has 4 nitrogen and oxygen atoms in total. The highest BCUT2D eigenvalue weighted by atomic mass is 16.4. The van der Waals surface area contributed by atoms with Gasteiger partial charge in [-0.2, -0.15) is 0 Å². The number of rotatable bonds is 5. The fourth-order valence-corrected chi connectivity index (χ4v) is 1.30. The zero-order valence-electron chi connectivity index (χ0n) is 9.10. The molecule has 15 heavy (non-hydrogen) atoms. The number of carboxylic acids is 1. The minimum atomic E-state index is -0.751. The molecule has 0 fully saturated rings. The summed E-state index contributed by atoms with van der Waals surface area (Å²) in [5.41, 5.74) is 2.04. The molecule has 1 N–H and O–H groups in total. The Morgan fingerprint density at radius 2 is 2.27 bits per heavy atom. The number of nitrogens with zero attached hydrogens (tertiary/aromatic N) is 2. The van der Waals surface area contributed by atoms with Gasteiger partial charge in [0.15, 0.2) is 0 Å². The van der Waals surface area contributed by atoms with Gasteiger partial charge in [0.05, 0.1) is 0 Å². The number of aliphatic carboxylic acids is 1. The van der Waals surface area contributed by atoms with Crippen molar-refractivity contribution in [3.8, 4) is 0 Å². The molecule has 0 aliphatic heterocycles. The SMILES string of the molecule is CN(C)c1ccnc(CCCC(=O)O)c1. The minimum absolute atomic E-state index is 0.202. The molecule has 0 saturated heterocycles. The van der Waals surface area contributed by atoms with Gasteiger partial charge in [-0.1, -0.05) is 0 Å². The molecule has 0 unspecified atom stereocenters. The van der Waals surface area contributed by atoms with Crippen LogP contribution in [0.3, 0.4) is 0 Å². The molecule has 0 aliphatic rings. The number of hydrogen-bond acceptors (Lipinski definition) is 3. The maximum absolute atomic E-state index is 10.3. The first-order valence-corrected chi connectivity index (χ1v) is 4.93. The third-order valence-corrected chi connectivity index (χ3v) is 2.14. The molecule has 1 aromatic heterocycles. The Balaban J connectivity index is 2.54. The lowest BCUT2D eigenvalue weighted by molar-refractivity contribution is -0.137.